The van der Waals surface area contributed by atoms with Gasteiger partial charge in [-0.05, 0) is 19.2 Å². The third-order valence-electron chi connectivity index (χ3n) is 2.45. The molecule has 0 bridgehead atoms. The van der Waals surface area contributed by atoms with Crippen LogP contribution in [-0.4, -0.2) is 31.5 Å². The summed E-state index contributed by atoms with van der Waals surface area (Å²) in [6.45, 7) is 0.522. The van der Waals surface area contributed by atoms with Gasteiger partial charge in [-0.15, -0.1) is 5.10 Å². The molecule has 0 saturated heterocycles. The lowest BCUT2D eigenvalue weighted by Gasteiger charge is -2.09. The first-order valence-electron chi connectivity index (χ1n) is 5.73. The van der Waals surface area contributed by atoms with E-state index < -0.39 is 0 Å². The molecule has 0 aliphatic rings. The molecule has 2 aromatic rings. The van der Waals surface area contributed by atoms with E-state index in [2.05, 4.69) is 20.8 Å². The van der Waals surface area contributed by atoms with Gasteiger partial charge in [-0.3, -0.25) is 0 Å². The molecule has 1 aromatic carbocycles. The number of hydrogen-bond donors (Lipinski definition) is 2. The Kier molecular flexibility index (Phi) is 4.19. The molecule has 0 aliphatic carbocycles. The maximum Gasteiger partial charge on any atom is 0.320 e. The standard InChI is InChI=1S/C12H16N4O3/c1-13-7-11-15-16-12(19-11)14-9-5-4-8(17-2)6-10(9)18-3/h4-6,13H,7H2,1-3H3,(H,14,16). The van der Waals surface area contributed by atoms with E-state index in [1.807, 2.05) is 19.2 Å². The minimum absolute atomic E-state index is 0.314. The predicted octanol–water partition coefficient (Wildman–Crippen LogP) is 1.55. The van der Waals surface area contributed by atoms with Gasteiger partial charge in [0.25, 0.3) is 0 Å². The van der Waals surface area contributed by atoms with E-state index in [1.165, 1.54) is 0 Å². The first-order valence-corrected chi connectivity index (χ1v) is 5.73. The van der Waals surface area contributed by atoms with Crippen molar-refractivity contribution in [2.24, 2.45) is 0 Å². The number of nitrogens with zero attached hydrogens (tertiary/aromatic N) is 2. The fraction of sp³-hybridized carbons (Fsp3) is 0.333. The smallest absolute Gasteiger partial charge is 0.320 e. The number of anilines is 2. The third-order valence-corrected chi connectivity index (χ3v) is 2.45. The fourth-order valence-electron chi connectivity index (χ4n) is 1.54. The van der Waals surface area contributed by atoms with Gasteiger partial charge in [-0.2, -0.15) is 0 Å². The van der Waals surface area contributed by atoms with Crippen molar-refractivity contribution in [2.75, 3.05) is 26.6 Å². The first kappa shape index (κ1) is 13.2. The Balaban J connectivity index is 2.17. The summed E-state index contributed by atoms with van der Waals surface area (Å²) in [5.74, 6) is 1.86. The Morgan fingerprint density at radius 1 is 1.21 bits per heavy atom. The van der Waals surface area contributed by atoms with Crippen molar-refractivity contribution >= 4 is 11.7 Å². The minimum Gasteiger partial charge on any atom is -0.497 e. The van der Waals surface area contributed by atoms with Crippen molar-refractivity contribution in [1.29, 1.82) is 0 Å². The Hall–Kier alpha value is -2.28. The molecule has 1 aromatic heterocycles. The molecule has 0 fully saturated rings. The van der Waals surface area contributed by atoms with Gasteiger partial charge < -0.3 is 24.5 Å². The van der Waals surface area contributed by atoms with Crippen molar-refractivity contribution in [2.45, 2.75) is 6.54 Å². The Morgan fingerprint density at radius 3 is 2.74 bits per heavy atom. The summed E-state index contributed by atoms with van der Waals surface area (Å²) in [6.07, 6.45) is 0. The number of hydrogen-bond acceptors (Lipinski definition) is 7. The highest BCUT2D eigenvalue weighted by atomic mass is 16.5. The highest BCUT2D eigenvalue weighted by Gasteiger charge is 2.09. The van der Waals surface area contributed by atoms with Gasteiger partial charge in [-0.25, -0.2) is 0 Å². The molecule has 0 unspecified atom stereocenters. The molecular weight excluding hydrogens is 248 g/mol. The summed E-state index contributed by atoms with van der Waals surface area (Å²) in [4.78, 5) is 0. The highest BCUT2D eigenvalue weighted by Crippen LogP contribution is 2.30. The molecule has 0 atom stereocenters. The number of ether oxygens (including phenoxy) is 2. The Bertz CT molecular complexity index is 542. The van der Waals surface area contributed by atoms with Gasteiger partial charge in [-0.1, -0.05) is 5.10 Å². The quantitative estimate of drug-likeness (QED) is 0.819. The van der Waals surface area contributed by atoms with Crippen LogP contribution in [0.15, 0.2) is 22.6 Å². The van der Waals surface area contributed by atoms with Crippen LogP contribution >= 0.6 is 0 Å². The lowest BCUT2D eigenvalue weighted by molar-refractivity contribution is 0.395. The normalized spacial score (nSPS) is 10.3. The second-order valence-corrected chi connectivity index (χ2v) is 3.72. The van der Waals surface area contributed by atoms with E-state index in [-0.39, 0.29) is 0 Å². The number of nitrogens with one attached hydrogen (secondary N) is 2. The molecule has 0 saturated carbocycles. The predicted molar refractivity (Wildman–Crippen MR) is 69.9 cm³/mol. The van der Waals surface area contributed by atoms with Gasteiger partial charge in [0, 0.05) is 6.07 Å². The molecule has 19 heavy (non-hydrogen) atoms. The van der Waals surface area contributed by atoms with Crippen LogP contribution in [0, 0.1) is 0 Å². The molecule has 102 valence electrons. The highest BCUT2D eigenvalue weighted by molar-refractivity contribution is 5.63. The number of aromatic nitrogens is 2. The molecule has 7 heteroatoms. The SMILES string of the molecule is CNCc1nnc(Nc2ccc(OC)cc2OC)o1. The summed E-state index contributed by atoms with van der Waals surface area (Å²) in [6, 6.07) is 5.72. The van der Waals surface area contributed by atoms with Crippen LogP contribution in [0.4, 0.5) is 11.7 Å². The van der Waals surface area contributed by atoms with E-state index in [0.29, 0.717) is 29.9 Å². The van der Waals surface area contributed by atoms with Gasteiger partial charge in [0.1, 0.15) is 11.5 Å². The van der Waals surface area contributed by atoms with Gasteiger partial charge >= 0.3 is 6.01 Å². The van der Waals surface area contributed by atoms with Crippen molar-refractivity contribution in [3.8, 4) is 11.5 Å². The van der Waals surface area contributed by atoms with Crippen LogP contribution in [0.25, 0.3) is 0 Å². The lowest BCUT2D eigenvalue weighted by atomic mass is 10.2. The van der Waals surface area contributed by atoms with E-state index in [4.69, 9.17) is 13.9 Å². The van der Waals surface area contributed by atoms with Crippen LogP contribution in [0.1, 0.15) is 5.89 Å². The molecule has 2 N–H and O–H groups in total. The molecule has 0 radical (unpaired) electrons. The van der Waals surface area contributed by atoms with Crippen molar-refractivity contribution in [3.05, 3.63) is 24.1 Å². The van der Waals surface area contributed by atoms with E-state index in [1.54, 1.807) is 20.3 Å². The van der Waals surface area contributed by atoms with Crippen molar-refractivity contribution < 1.29 is 13.9 Å². The zero-order chi connectivity index (χ0) is 13.7. The zero-order valence-electron chi connectivity index (χ0n) is 11.1. The van der Waals surface area contributed by atoms with E-state index >= 15 is 0 Å². The Morgan fingerprint density at radius 2 is 2.05 bits per heavy atom. The van der Waals surface area contributed by atoms with Crippen LogP contribution in [0.2, 0.25) is 0 Å². The van der Waals surface area contributed by atoms with Gasteiger partial charge in [0.2, 0.25) is 5.89 Å². The fourth-order valence-corrected chi connectivity index (χ4v) is 1.54. The monoisotopic (exact) mass is 264 g/mol. The number of methoxy groups -OCH3 is 2. The number of rotatable bonds is 6. The largest absolute Gasteiger partial charge is 0.497 e. The average Bonchev–Trinajstić information content (AvgIpc) is 2.87. The molecular formula is C12H16N4O3. The molecule has 1 heterocycles. The van der Waals surface area contributed by atoms with Crippen LogP contribution in [-0.2, 0) is 6.54 Å². The summed E-state index contributed by atoms with van der Waals surface area (Å²) in [7, 11) is 4.99. The van der Waals surface area contributed by atoms with Gasteiger partial charge in [0.05, 0.1) is 26.5 Å². The van der Waals surface area contributed by atoms with Crippen LogP contribution in [0.5, 0.6) is 11.5 Å². The molecule has 0 aliphatic heterocycles. The molecule has 0 amide bonds. The minimum atomic E-state index is 0.314. The van der Waals surface area contributed by atoms with Crippen molar-refractivity contribution in [3.63, 3.8) is 0 Å². The summed E-state index contributed by atoms with van der Waals surface area (Å²) in [5.41, 5.74) is 0.725. The number of benzene rings is 1. The summed E-state index contributed by atoms with van der Waals surface area (Å²) in [5, 5.41) is 13.7. The maximum atomic E-state index is 5.40. The van der Waals surface area contributed by atoms with E-state index in [9.17, 15) is 0 Å². The summed E-state index contributed by atoms with van der Waals surface area (Å²) < 4.78 is 15.8. The molecule has 2 rings (SSSR count). The molecule has 0 spiro atoms. The Labute approximate surface area is 110 Å². The van der Waals surface area contributed by atoms with E-state index in [0.717, 1.165) is 5.69 Å². The van der Waals surface area contributed by atoms with Crippen LogP contribution < -0.4 is 20.1 Å². The second-order valence-electron chi connectivity index (χ2n) is 3.72. The zero-order valence-corrected chi connectivity index (χ0v) is 11.1. The lowest BCUT2D eigenvalue weighted by Crippen LogP contribution is -2.04. The van der Waals surface area contributed by atoms with Crippen molar-refractivity contribution in [1.82, 2.24) is 15.5 Å². The maximum absolute atomic E-state index is 5.40. The topological polar surface area (TPSA) is 81.4 Å². The first-order chi connectivity index (χ1) is 9.26. The molecule has 7 nitrogen and oxygen atoms in total. The van der Waals surface area contributed by atoms with Gasteiger partial charge in [0.15, 0.2) is 0 Å². The second kappa shape index (κ2) is 6.05. The van der Waals surface area contributed by atoms with Crippen LogP contribution in [0.3, 0.4) is 0 Å². The average molecular weight is 264 g/mol. The summed E-state index contributed by atoms with van der Waals surface area (Å²) >= 11 is 0. The third kappa shape index (κ3) is 3.14.